The van der Waals surface area contributed by atoms with Gasteiger partial charge >= 0.3 is 7.82 Å². The van der Waals surface area contributed by atoms with Crippen LogP contribution < -0.4 is 5.32 Å². The van der Waals surface area contributed by atoms with Crippen LogP contribution in [0.2, 0.25) is 0 Å². The lowest BCUT2D eigenvalue weighted by atomic mass is 10.1. The standard InChI is InChI=1S/C30H59N2O6P/c1-6-8-10-11-12-13-14-15-16-17-18-19-20-22-24-30(34)31-28(29(33)23-21-9-7-2)27-38-39(35,36)37-26-25-32(3,4)5/h14-15,21,23,28-29,33H,6-13,16-20,22,24-27H2,1-5H3,(H-,31,34,35,36)/p+1/b15-14-,23-21+. The van der Waals surface area contributed by atoms with E-state index in [2.05, 4.69) is 24.4 Å². The van der Waals surface area contributed by atoms with E-state index in [0.29, 0.717) is 17.4 Å². The van der Waals surface area contributed by atoms with E-state index in [9.17, 15) is 19.4 Å². The zero-order valence-electron chi connectivity index (χ0n) is 25.6. The molecule has 0 radical (unpaired) electrons. The van der Waals surface area contributed by atoms with E-state index >= 15 is 0 Å². The Morgan fingerprint density at radius 3 is 2.03 bits per heavy atom. The molecule has 0 fully saturated rings. The fourth-order valence-electron chi connectivity index (χ4n) is 3.86. The molecule has 0 aromatic carbocycles. The first-order chi connectivity index (χ1) is 18.5. The molecule has 8 nitrogen and oxygen atoms in total. The first kappa shape index (κ1) is 38.0. The van der Waals surface area contributed by atoms with E-state index in [1.807, 2.05) is 34.1 Å². The number of carbonyl (C=O) groups excluding carboxylic acids is 1. The number of nitrogens with zero attached hydrogens (tertiary/aromatic N) is 1. The molecule has 0 bridgehead atoms. The third-order valence-corrected chi connectivity index (χ3v) is 7.38. The molecule has 3 atom stereocenters. The van der Waals surface area contributed by atoms with Crippen molar-refractivity contribution in [1.82, 2.24) is 5.32 Å². The lowest BCUT2D eigenvalue weighted by Crippen LogP contribution is -2.45. The second kappa shape index (κ2) is 23.7. The summed E-state index contributed by atoms with van der Waals surface area (Å²) in [7, 11) is 1.55. The van der Waals surface area contributed by atoms with Gasteiger partial charge < -0.3 is 19.8 Å². The summed E-state index contributed by atoms with van der Waals surface area (Å²) in [5, 5.41) is 13.3. The smallest absolute Gasteiger partial charge is 0.387 e. The fourth-order valence-corrected chi connectivity index (χ4v) is 4.60. The molecule has 0 aliphatic heterocycles. The number of hydrogen-bond donors (Lipinski definition) is 3. The Labute approximate surface area is 239 Å². The highest BCUT2D eigenvalue weighted by Gasteiger charge is 2.27. The molecular weight excluding hydrogens is 515 g/mol. The summed E-state index contributed by atoms with van der Waals surface area (Å²) in [6.07, 6.45) is 23.2. The van der Waals surface area contributed by atoms with Crippen molar-refractivity contribution in [2.45, 2.75) is 122 Å². The molecular formula is C30H60N2O6P+. The van der Waals surface area contributed by atoms with Gasteiger partial charge in [0.25, 0.3) is 0 Å². The van der Waals surface area contributed by atoms with Crippen molar-refractivity contribution in [3.05, 3.63) is 24.3 Å². The summed E-state index contributed by atoms with van der Waals surface area (Å²) >= 11 is 0. The van der Waals surface area contributed by atoms with Gasteiger partial charge in [0.2, 0.25) is 5.91 Å². The number of phosphoric ester groups is 1. The predicted octanol–water partition coefficient (Wildman–Crippen LogP) is 6.68. The van der Waals surface area contributed by atoms with Gasteiger partial charge in [-0.3, -0.25) is 13.8 Å². The van der Waals surface area contributed by atoms with Gasteiger partial charge in [-0.15, -0.1) is 0 Å². The number of nitrogens with one attached hydrogen (secondary N) is 1. The van der Waals surface area contributed by atoms with Gasteiger partial charge in [0.1, 0.15) is 13.2 Å². The second-order valence-electron chi connectivity index (χ2n) is 11.5. The minimum absolute atomic E-state index is 0.0582. The quantitative estimate of drug-likeness (QED) is 0.0460. The molecule has 9 heteroatoms. The SMILES string of the molecule is CCC/C=C/C(O)C(COP(=O)(O)OCC[N+](C)(C)C)NC(=O)CCCCCCC/C=C\CCCCCCC. The maximum absolute atomic E-state index is 12.5. The molecule has 0 aromatic heterocycles. The number of hydrogen-bond acceptors (Lipinski definition) is 5. The Kier molecular flexibility index (Phi) is 23.0. The number of phosphoric acid groups is 1. The molecule has 0 heterocycles. The summed E-state index contributed by atoms with van der Waals surface area (Å²) in [5.41, 5.74) is 0. The minimum atomic E-state index is -4.30. The van der Waals surface area contributed by atoms with E-state index in [0.717, 1.165) is 44.9 Å². The highest BCUT2D eigenvalue weighted by molar-refractivity contribution is 7.47. The molecule has 0 rings (SSSR count). The fraction of sp³-hybridized carbons (Fsp3) is 0.833. The van der Waals surface area contributed by atoms with Gasteiger partial charge in [0.05, 0.1) is 39.9 Å². The maximum atomic E-state index is 12.5. The van der Waals surface area contributed by atoms with Crippen LogP contribution in [-0.4, -0.2) is 73.4 Å². The van der Waals surface area contributed by atoms with Crippen molar-refractivity contribution in [1.29, 1.82) is 0 Å². The van der Waals surface area contributed by atoms with E-state index < -0.39 is 20.0 Å². The number of rotatable bonds is 26. The second-order valence-corrected chi connectivity index (χ2v) is 12.9. The van der Waals surface area contributed by atoms with Gasteiger partial charge in [-0.25, -0.2) is 4.57 Å². The number of likely N-dealkylation sites (N-methyl/N-ethyl adjacent to an activating group) is 1. The zero-order chi connectivity index (χ0) is 29.4. The molecule has 230 valence electrons. The molecule has 39 heavy (non-hydrogen) atoms. The molecule has 0 aromatic rings. The minimum Gasteiger partial charge on any atom is -0.387 e. The van der Waals surface area contributed by atoms with Gasteiger partial charge in [-0.2, -0.15) is 0 Å². The molecule has 0 saturated carbocycles. The molecule has 3 unspecified atom stereocenters. The lowest BCUT2D eigenvalue weighted by molar-refractivity contribution is -0.870. The number of quaternary nitrogens is 1. The Morgan fingerprint density at radius 1 is 0.846 bits per heavy atom. The topological polar surface area (TPSA) is 105 Å². The van der Waals surface area contributed by atoms with Crippen molar-refractivity contribution in [2.75, 3.05) is 40.9 Å². The normalized spacial score (nSPS) is 15.6. The van der Waals surface area contributed by atoms with E-state index in [1.165, 1.54) is 44.9 Å². The van der Waals surface area contributed by atoms with Crippen LogP contribution in [0.3, 0.4) is 0 Å². The van der Waals surface area contributed by atoms with Crippen LogP contribution in [0.4, 0.5) is 0 Å². The molecule has 0 aliphatic carbocycles. The summed E-state index contributed by atoms with van der Waals surface area (Å²) in [6, 6.07) is -0.841. The van der Waals surface area contributed by atoms with Crippen molar-refractivity contribution in [3.8, 4) is 0 Å². The summed E-state index contributed by atoms with van der Waals surface area (Å²) in [4.78, 5) is 22.6. The van der Waals surface area contributed by atoms with Gasteiger partial charge in [-0.05, 0) is 38.5 Å². The monoisotopic (exact) mass is 575 g/mol. The summed E-state index contributed by atoms with van der Waals surface area (Å²) in [5.74, 6) is -0.202. The Hall–Kier alpha value is -1.02. The molecule has 0 saturated heterocycles. The van der Waals surface area contributed by atoms with Crippen LogP contribution >= 0.6 is 7.82 Å². The van der Waals surface area contributed by atoms with E-state index in [4.69, 9.17) is 9.05 Å². The third-order valence-electron chi connectivity index (χ3n) is 6.40. The Balaban J connectivity index is 4.34. The van der Waals surface area contributed by atoms with Gasteiger partial charge in [0, 0.05) is 6.42 Å². The van der Waals surface area contributed by atoms with Crippen molar-refractivity contribution in [3.63, 3.8) is 0 Å². The summed E-state index contributed by atoms with van der Waals surface area (Å²) in [6.45, 7) is 4.54. The van der Waals surface area contributed by atoms with Crippen LogP contribution in [0.1, 0.15) is 110 Å². The predicted molar refractivity (Wildman–Crippen MR) is 161 cm³/mol. The third kappa shape index (κ3) is 25.7. The number of amides is 1. The number of aliphatic hydroxyl groups is 1. The molecule has 1 amide bonds. The number of allylic oxidation sites excluding steroid dienone is 3. The van der Waals surface area contributed by atoms with Crippen LogP contribution in [0, 0.1) is 0 Å². The van der Waals surface area contributed by atoms with Crippen molar-refractivity contribution < 1.29 is 32.9 Å². The highest BCUT2D eigenvalue weighted by atomic mass is 31.2. The number of aliphatic hydroxyl groups excluding tert-OH is 1. The van der Waals surface area contributed by atoms with Crippen LogP contribution in [0.15, 0.2) is 24.3 Å². The highest BCUT2D eigenvalue weighted by Crippen LogP contribution is 2.43. The first-order valence-corrected chi connectivity index (χ1v) is 16.7. The van der Waals surface area contributed by atoms with Crippen LogP contribution in [-0.2, 0) is 18.4 Å². The molecule has 0 spiro atoms. The van der Waals surface area contributed by atoms with Crippen LogP contribution in [0.25, 0.3) is 0 Å². The van der Waals surface area contributed by atoms with Crippen molar-refractivity contribution in [2.24, 2.45) is 0 Å². The Morgan fingerprint density at radius 2 is 1.44 bits per heavy atom. The number of unbranched alkanes of at least 4 members (excludes halogenated alkanes) is 11. The van der Waals surface area contributed by atoms with Gasteiger partial charge in [0.15, 0.2) is 0 Å². The molecule has 0 aliphatic rings. The van der Waals surface area contributed by atoms with Crippen molar-refractivity contribution >= 4 is 13.7 Å². The Bertz CT molecular complexity index is 708. The van der Waals surface area contributed by atoms with Crippen LogP contribution in [0.5, 0.6) is 0 Å². The molecule has 3 N–H and O–H groups in total. The van der Waals surface area contributed by atoms with E-state index in [1.54, 1.807) is 6.08 Å². The zero-order valence-corrected chi connectivity index (χ0v) is 26.5. The first-order valence-electron chi connectivity index (χ1n) is 15.2. The largest absolute Gasteiger partial charge is 0.472 e. The lowest BCUT2D eigenvalue weighted by Gasteiger charge is -2.25. The average molecular weight is 576 g/mol. The van der Waals surface area contributed by atoms with E-state index in [-0.39, 0.29) is 19.1 Å². The average Bonchev–Trinajstić information content (AvgIpc) is 2.85. The summed E-state index contributed by atoms with van der Waals surface area (Å²) < 4.78 is 23.0. The maximum Gasteiger partial charge on any atom is 0.472 e. The number of carbonyl (C=O) groups is 1. The van der Waals surface area contributed by atoms with Gasteiger partial charge in [-0.1, -0.05) is 89.5 Å².